The first kappa shape index (κ1) is 17.6. The normalized spacial score (nSPS) is 19.9. The van der Waals surface area contributed by atoms with Crippen LogP contribution in [-0.2, 0) is 16.9 Å². The van der Waals surface area contributed by atoms with Crippen molar-refractivity contribution in [2.75, 3.05) is 7.11 Å². The lowest BCUT2D eigenvalue weighted by Crippen LogP contribution is -2.40. The zero-order chi connectivity index (χ0) is 18.2. The Balaban J connectivity index is 1.94. The van der Waals surface area contributed by atoms with Crippen molar-refractivity contribution in [3.05, 3.63) is 63.6 Å². The molecule has 0 spiro atoms. The van der Waals surface area contributed by atoms with Gasteiger partial charge in [-0.05, 0) is 36.8 Å². The fourth-order valence-corrected chi connectivity index (χ4v) is 3.33. The fourth-order valence-electron chi connectivity index (χ4n) is 2.81. The van der Waals surface area contributed by atoms with Crippen LogP contribution in [0.15, 0.2) is 42.5 Å². The van der Waals surface area contributed by atoms with Crippen LogP contribution in [0.1, 0.15) is 18.1 Å². The number of nitrogens with zero attached hydrogens (tertiary/aromatic N) is 1. The molecule has 0 aliphatic carbocycles. The van der Waals surface area contributed by atoms with Crippen molar-refractivity contribution in [3.63, 3.8) is 0 Å². The Morgan fingerprint density at radius 3 is 2.40 bits per heavy atom. The molecule has 7 heteroatoms. The summed E-state index contributed by atoms with van der Waals surface area (Å²) in [5.74, 6) is 0.232. The summed E-state index contributed by atoms with van der Waals surface area (Å²) < 4.78 is 5.20. The molecule has 0 radical (unpaired) electrons. The summed E-state index contributed by atoms with van der Waals surface area (Å²) in [5, 5.41) is 3.56. The summed E-state index contributed by atoms with van der Waals surface area (Å²) in [7, 11) is 1.54. The Morgan fingerprint density at radius 1 is 1.12 bits per heavy atom. The smallest absolute Gasteiger partial charge is 0.325 e. The van der Waals surface area contributed by atoms with Gasteiger partial charge in [0.2, 0.25) is 0 Å². The van der Waals surface area contributed by atoms with Crippen LogP contribution < -0.4 is 10.1 Å². The second-order valence-electron chi connectivity index (χ2n) is 5.88. The largest absolute Gasteiger partial charge is 0.497 e. The number of urea groups is 1. The second kappa shape index (κ2) is 6.58. The van der Waals surface area contributed by atoms with Crippen LogP contribution in [0, 0.1) is 0 Å². The molecule has 2 aromatic rings. The number of carbonyl (C=O) groups excluding carboxylic acids is 2. The third-order valence-corrected chi connectivity index (χ3v) is 5.01. The van der Waals surface area contributed by atoms with Crippen molar-refractivity contribution in [1.29, 1.82) is 0 Å². The average Bonchev–Trinajstić information content (AvgIpc) is 2.82. The molecule has 130 valence electrons. The van der Waals surface area contributed by atoms with Gasteiger partial charge in [0, 0.05) is 15.6 Å². The highest BCUT2D eigenvalue weighted by atomic mass is 35.5. The van der Waals surface area contributed by atoms with Crippen LogP contribution in [0.2, 0.25) is 10.0 Å². The Hall–Kier alpha value is -2.24. The van der Waals surface area contributed by atoms with E-state index in [1.165, 1.54) is 0 Å². The number of imide groups is 1. The summed E-state index contributed by atoms with van der Waals surface area (Å²) in [6.45, 7) is 1.67. The number of hydrogen-bond donors (Lipinski definition) is 1. The molecular formula is C18H16Cl2N2O3. The number of hydrogen-bond acceptors (Lipinski definition) is 3. The molecule has 1 aliphatic heterocycles. The summed E-state index contributed by atoms with van der Waals surface area (Å²) in [4.78, 5) is 26.5. The zero-order valence-electron chi connectivity index (χ0n) is 13.7. The first-order valence-corrected chi connectivity index (χ1v) is 8.34. The number of carbonyl (C=O) groups is 2. The first-order valence-electron chi connectivity index (χ1n) is 7.58. The minimum Gasteiger partial charge on any atom is -0.497 e. The lowest BCUT2D eigenvalue weighted by atomic mass is 9.92. The van der Waals surface area contributed by atoms with Crippen molar-refractivity contribution in [3.8, 4) is 5.75 Å². The van der Waals surface area contributed by atoms with E-state index in [0.29, 0.717) is 26.9 Å². The van der Waals surface area contributed by atoms with Crippen LogP contribution in [0.3, 0.4) is 0 Å². The Morgan fingerprint density at radius 2 is 1.76 bits per heavy atom. The molecule has 25 heavy (non-hydrogen) atoms. The van der Waals surface area contributed by atoms with Gasteiger partial charge in [0.15, 0.2) is 0 Å². The summed E-state index contributed by atoms with van der Waals surface area (Å²) in [5.41, 5.74) is -0.0125. The maximum Gasteiger partial charge on any atom is 0.325 e. The number of rotatable bonds is 4. The summed E-state index contributed by atoms with van der Waals surface area (Å²) in [6.07, 6.45) is 0. The van der Waals surface area contributed by atoms with E-state index < -0.39 is 11.6 Å². The van der Waals surface area contributed by atoms with Gasteiger partial charge in [-0.15, -0.1) is 0 Å². The fraction of sp³-hybridized carbons (Fsp3) is 0.222. The third kappa shape index (κ3) is 3.05. The van der Waals surface area contributed by atoms with Crippen LogP contribution in [-0.4, -0.2) is 23.9 Å². The van der Waals surface area contributed by atoms with Gasteiger partial charge in [-0.25, -0.2) is 4.79 Å². The van der Waals surface area contributed by atoms with Gasteiger partial charge in [0.25, 0.3) is 5.91 Å². The zero-order valence-corrected chi connectivity index (χ0v) is 15.2. The van der Waals surface area contributed by atoms with Gasteiger partial charge < -0.3 is 10.1 Å². The van der Waals surface area contributed by atoms with Crippen molar-refractivity contribution in [1.82, 2.24) is 10.2 Å². The predicted molar refractivity (Wildman–Crippen MR) is 95.9 cm³/mol. The van der Waals surface area contributed by atoms with Crippen molar-refractivity contribution < 1.29 is 14.3 Å². The number of methoxy groups -OCH3 is 1. The highest BCUT2D eigenvalue weighted by molar-refractivity contribution is 6.36. The van der Waals surface area contributed by atoms with Crippen LogP contribution in [0.25, 0.3) is 0 Å². The van der Waals surface area contributed by atoms with Crippen molar-refractivity contribution in [2.45, 2.75) is 19.0 Å². The molecule has 0 aromatic heterocycles. The maximum absolute atomic E-state index is 13.0. The molecule has 0 bridgehead atoms. The molecule has 1 N–H and O–H groups in total. The molecule has 1 fully saturated rings. The molecule has 2 aromatic carbocycles. The van der Waals surface area contributed by atoms with E-state index in [0.717, 1.165) is 4.90 Å². The van der Waals surface area contributed by atoms with E-state index in [9.17, 15) is 9.59 Å². The van der Waals surface area contributed by atoms with Gasteiger partial charge in [-0.2, -0.15) is 0 Å². The molecule has 1 saturated heterocycles. The number of amides is 3. The molecule has 1 aliphatic rings. The Kier molecular flexibility index (Phi) is 4.62. The number of benzene rings is 2. The SMILES string of the molecule is COc1cccc([C@@]2(C)NC(=O)N(Cc3c(Cl)cccc3Cl)C2=O)c1. The van der Waals surface area contributed by atoms with Gasteiger partial charge in [-0.3, -0.25) is 9.69 Å². The monoisotopic (exact) mass is 378 g/mol. The van der Waals surface area contributed by atoms with Gasteiger partial charge in [0.1, 0.15) is 11.3 Å². The number of halogens is 2. The van der Waals surface area contributed by atoms with Gasteiger partial charge >= 0.3 is 6.03 Å². The standard InChI is InChI=1S/C18H16Cl2N2O3/c1-18(11-5-3-6-12(9-11)25-2)16(23)22(17(24)21-18)10-13-14(19)7-4-8-15(13)20/h3-9H,10H2,1-2H3,(H,21,24)/t18-/m1/s1. The van der Waals surface area contributed by atoms with E-state index in [4.69, 9.17) is 27.9 Å². The second-order valence-corrected chi connectivity index (χ2v) is 6.69. The first-order chi connectivity index (χ1) is 11.9. The number of ether oxygens (including phenoxy) is 1. The van der Waals surface area contributed by atoms with Gasteiger partial charge in [0.05, 0.1) is 13.7 Å². The molecule has 3 amide bonds. The topological polar surface area (TPSA) is 58.6 Å². The third-order valence-electron chi connectivity index (χ3n) is 4.30. The Bertz CT molecular complexity index is 836. The number of nitrogens with one attached hydrogen (secondary N) is 1. The molecule has 1 heterocycles. The molecule has 0 unspecified atom stereocenters. The van der Waals surface area contributed by atoms with Crippen LogP contribution >= 0.6 is 23.2 Å². The highest BCUT2D eigenvalue weighted by Gasteiger charge is 2.49. The lowest BCUT2D eigenvalue weighted by Gasteiger charge is -2.23. The molecule has 5 nitrogen and oxygen atoms in total. The molecule has 1 atom stereocenters. The average molecular weight is 379 g/mol. The molecule has 0 saturated carbocycles. The predicted octanol–water partition coefficient (Wildman–Crippen LogP) is 3.97. The molecule has 3 rings (SSSR count). The molecular weight excluding hydrogens is 363 g/mol. The van der Waals surface area contributed by atoms with Crippen LogP contribution in [0.5, 0.6) is 5.75 Å². The summed E-state index contributed by atoms with van der Waals surface area (Å²) >= 11 is 12.3. The summed E-state index contributed by atoms with van der Waals surface area (Å²) in [6, 6.07) is 11.6. The van der Waals surface area contributed by atoms with E-state index in [2.05, 4.69) is 5.32 Å². The van der Waals surface area contributed by atoms with Gasteiger partial charge in [-0.1, -0.05) is 41.4 Å². The van der Waals surface area contributed by atoms with E-state index in [1.54, 1.807) is 56.5 Å². The van der Waals surface area contributed by atoms with E-state index >= 15 is 0 Å². The quantitative estimate of drug-likeness (QED) is 0.818. The lowest BCUT2D eigenvalue weighted by molar-refractivity contribution is -0.131. The van der Waals surface area contributed by atoms with Crippen molar-refractivity contribution >= 4 is 35.1 Å². The maximum atomic E-state index is 13.0. The minimum atomic E-state index is -1.18. The van der Waals surface area contributed by atoms with Crippen LogP contribution in [0.4, 0.5) is 4.79 Å². The van der Waals surface area contributed by atoms with E-state index in [-0.39, 0.29) is 12.5 Å². The highest BCUT2D eigenvalue weighted by Crippen LogP contribution is 2.33. The minimum absolute atomic E-state index is 0.00271. The Labute approximate surface area is 155 Å². The van der Waals surface area contributed by atoms with Crippen molar-refractivity contribution in [2.24, 2.45) is 0 Å². The van der Waals surface area contributed by atoms with E-state index in [1.807, 2.05) is 0 Å².